The van der Waals surface area contributed by atoms with Gasteiger partial charge in [-0.2, -0.15) is 0 Å². The fourth-order valence-corrected chi connectivity index (χ4v) is 1.38. The zero-order chi connectivity index (χ0) is 8.27. The van der Waals surface area contributed by atoms with Crippen molar-refractivity contribution in [3.63, 3.8) is 0 Å². The minimum atomic E-state index is -0.804. The largest absolute Gasteiger partial charge is 0.340 e. The zero-order valence-electron chi connectivity index (χ0n) is 6.85. The van der Waals surface area contributed by atoms with Gasteiger partial charge >= 0.3 is 0 Å². The molecule has 11 heavy (non-hydrogen) atoms. The average molecular weight is 159 g/mol. The highest BCUT2D eigenvalue weighted by atomic mass is 19.1. The number of alkyl halides is 1. The molecule has 0 aliphatic carbocycles. The van der Waals surface area contributed by atoms with Crippen LogP contribution in [0.5, 0.6) is 0 Å². The first-order valence-electron chi connectivity index (χ1n) is 4.09. The second-order valence-electron chi connectivity index (χ2n) is 3.06. The van der Waals surface area contributed by atoms with Crippen LogP contribution in [0.25, 0.3) is 0 Å². The van der Waals surface area contributed by atoms with Crippen molar-refractivity contribution in [1.82, 2.24) is 4.90 Å². The maximum absolute atomic E-state index is 12.9. The lowest BCUT2D eigenvalue weighted by atomic mass is 10.2. The third kappa shape index (κ3) is 2.48. The molecule has 1 aliphatic rings. The van der Waals surface area contributed by atoms with Gasteiger partial charge in [-0.1, -0.05) is 0 Å². The van der Waals surface area contributed by atoms with E-state index >= 15 is 0 Å². The van der Waals surface area contributed by atoms with E-state index in [1.807, 2.05) is 0 Å². The molecule has 0 bridgehead atoms. The molecule has 1 amide bonds. The molecule has 0 aromatic carbocycles. The number of hydrogen-bond acceptors (Lipinski definition) is 1. The van der Waals surface area contributed by atoms with Gasteiger partial charge in [0.15, 0.2) is 0 Å². The molecule has 64 valence electrons. The van der Waals surface area contributed by atoms with Gasteiger partial charge in [0.05, 0.1) is 6.54 Å². The summed E-state index contributed by atoms with van der Waals surface area (Å²) in [7, 11) is 0. The van der Waals surface area contributed by atoms with Crippen molar-refractivity contribution >= 4 is 5.91 Å². The fraction of sp³-hybridized carbons (Fsp3) is 0.875. The van der Waals surface area contributed by atoms with Crippen molar-refractivity contribution < 1.29 is 9.18 Å². The molecule has 1 heterocycles. The van der Waals surface area contributed by atoms with Crippen molar-refractivity contribution in [2.24, 2.45) is 0 Å². The van der Waals surface area contributed by atoms with Gasteiger partial charge in [0, 0.05) is 13.5 Å². The lowest BCUT2D eigenvalue weighted by molar-refractivity contribution is -0.129. The smallest absolute Gasteiger partial charge is 0.219 e. The molecule has 1 fully saturated rings. The summed E-state index contributed by atoms with van der Waals surface area (Å²) in [6.07, 6.45) is 1.66. The number of likely N-dealkylation sites (tertiary alicyclic amines) is 1. The Morgan fingerprint density at radius 1 is 1.55 bits per heavy atom. The van der Waals surface area contributed by atoms with Crippen LogP contribution >= 0.6 is 0 Å². The SMILES string of the molecule is CC(=O)N1CCCCC(F)C1. The Kier molecular flexibility index (Phi) is 2.85. The molecule has 1 unspecified atom stereocenters. The van der Waals surface area contributed by atoms with Gasteiger partial charge in [-0.3, -0.25) is 4.79 Å². The number of nitrogens with zero attached hydrogens (tertiary/aromatic N) is 1. The van der Waals surface area contributed by atoms with E-state index in [-0.39, 0.29) is 5.91 Å². The summed E-state index contributed by atoms with van der Waals surface area (Å²) in [5.74, 6) is -0.00505. The quantitative estimate of drug-likeness (QED) is 0.522. The first-order valence-corrected chi connectivity index (χ1v) is 4.09. The molecular formula is C8H14FNO. The number of carbonyl (C=O) groups is 1. The lowest BCUT2D eigenvalue weighted by Gasteiger charge is -2.18. The Hall–Kier alpha value is -0.600. The Bertz CT molecular complexity index is 149. The molecule has 1 aliphatic heterocycles. The molecule has 1 atom stereocenters. The van der Waals surface area contributed by atoms with Crippen LogP contribution in [0, 0.1) is 0 Å². The normalized spacial score (nSPS) is 26.4. The Morgan fingerprint density at radius 3 is 2.91 bits per heavy atom. The van der Waals surface area contributed by atoms with Crippen molar-refractivity contribution in [2.75, 3.05) is 13.1 Å². The number of carbonyl (C=O) groups excluding carboxylic acids is 1. The summed E-state index contributed by atoms with van der Waals surface area (Å²) in [4.78, 5) is 12.5. The number of rotatable bonds is 0. The Morgan fingerprint density at radius 2 is 2.27 bits per heavy atom. The monoisotopic (exact) mass is 159 g/mol. The summed E-state index contributed by atoms with van der Waals surface area (Å²) in [5, 5.41) is 0. The summed E-state index contributed by atoms with van der Waals surface area (Å²) in [6.45, 7) is 2.53. The number of amides is 1. The number of hydrogen-bond donors (Lipinski definition) is 0. The molecular weight excluding hydrogens is 145 g/mol. The molecule has 0 aromatic rings. The fourth-order valence-electron chi connectivity index (χ4n) is 1.38. The molecule has 3 heteroatoms. The summed E-state index contributed by atoms with van der Waals surface area (Å²) >= 11 is 0. The van der Waals surface area contributed by atoms with Gasteiger partial charge < -0.3 is 4.90 Å². The molecule has 2 nitrogen and oxygen atoms in total. The minimum Gasteiger partial charge on any atom is -0.340 e. The second-order valence-corrected chi connectivity index (χ2v) is 3.06. The van der Waals surface area contributed by atoms with Crippen LogP contribution in [-0.4, -0.2) is 30.1 Å². The van der Waals surface area contributed by atoms with Gasteiger partial charge in [0.25, 0.3) is 0 Å². The molecule has 0 spiro atoms. The predicted octanol–water partition coefficient (Wildman–Crippen LogP) is 1.36. The lowest BCUT2D eigenvalue weighted by Crippen LogP contribution is -2.33. The molecule has 0 aromatic heterocycles. The van der Waals surface area contributed by atoms with E-state index < -0.39 is 6.17 Å². The predicted molar refractivity (Wildman–Crippen MR) is 41.0 cm³/mol. The molecule has 0 N–H and O–H groups in total. The van der Waals surface area contributed by atoms with Crippen LogP contribution in [0.1, 0.15) is 26.2 Å². The highest BCUT2D eigenvalue weighted by Gasteiger charge is 2.18. The highest BCUT2D eigenvalue weighted by Crippen LogP contribution is 2.12. The summed E-state index contributed by atoms with van der Waals surface area (Å²) in [5.41, 5.74) is 0. The van der Waals surface area contributed by atoms with Gasteiger partial charge in [0.1, 0.15) is 6.17 Å². The number of halogens is 1. The Labute approximate surface area is 66.4 Å². The summed E-state index contributed by atoms with van der Waals surface area (Å²) in [6, 6.07) is 0. The van der Waals surface area contributed by atoms with E-state index in [0.29, 0.717) is 13.0 Å². The van der Waals surface area contributed by atoms with Crippen LogP contribution in [-0.2, 0) is 4.79 Å². The maximum atomic E-state index is 12.9. The first-order chi connectivity index (χ1) is 5.20. The van der Waals surface area contributed by atoms with E-state index in [9.17, 15) is 9.18 Å². The third-order valence-electron chi connectivity index (χ3n) is 2.06. The van der Waals surface area contributed by atoms with Gasteiger partial charge in [-0.25, -0.2) is 4.39 Å². The maximum Gasteiger partial charge on any atom is 0.219 e. The van der Waals surface area contributed by atoms with Gasteiger partial charge in [0.2, 0.25) is 5.91 Å². The van der Waals surface area contributed by atoms with Crippen molar-refractivity contribution in [1.29, 1.82) is 0 Å². The zero-order valence-corrected chi connectivity index (χ0v) is 6.85. The molecule has 0 saturated carbocycles. The van der Waals surface area contributed by atoms with Crippen LogP contribution in [0.3, 0.4) is 0 Å². The van der Waals surface area contributed by atoms with Crippen LogP contribution < -0.4 is 0 Å². The van der Waals surface area contributed by atoms with Gasteiger partial charge in [-0.05, 0) is 19.3 Å². The van der Waals surface area contributed by atoms with Gasteiger partial charge in [-0.15, -0.1) is 0 Å². The van der Waals surface area contributed by atoms with Crippen LogP contribution in [0.2, 0.25) is 0 Å². The third-order valence-corrected chi connectivity index (χ3v) is 2.06. The van der Waals surface area contributed by atoms with E-state index in [4.69, 9.17) is 0 Å². The molecule has 1 rings (SSSR count). The highest BCUT2D eigenvalue weighted by molar-refractivity contribution is 5.73. The van der Waals surface area contributed by atoms with Crippen LogP contribution in [0.15, 0.2) is 0 Å². The van der Waals surface area contributed by atoms with Crippen LogP contribution in [0.4, 0.5) is 4.39 Å². The van der Waals surface area contributed by atoms with E-state index in [1.165, 1.54) is 6.92 Å². The average Bonchev–Trinajstić information content (AvgIpc) is 2.13. The van der Waals surface area contributed by atoms with E-state index in [1.54, 1.807) is 4.90 Å². The summed E-state index contributed by atoms with van der Waals surface area (Å²) < 4.78 is 12.9. The topological polar surface area (TPSA) is 20.3 Å². The van der Waals surface area contributed by atoms with E-state index in [2.05, 4.69) is 0 Å². The molecule has 0 radical (unpaired) electrons. The second kappa shape index (κ2) is 3.69. The van der Waals surface area contributed by atoms with Crippen molar-refractivity contribution in [3.05, 3.63) is 0 Å². The standard InChI is InChI=1S/C8H14FNO/c1-7(11)10-5-3-2-4-8(9)6-10/h8H,2-6H2,1H3. The van der Waals surface area contributed by atoms with Crippen molar-refractivity contribution in [2.45, 2.75) is 32.4 Å². The first kappa shape index (κ1) is 8.50. The minimum absolute atomic E-state index is 0.00505. The molecule has 1 saturated heterocycles. The van der Waals surface area contributed by atoms with Crippen molar-refractivity contribution in [3.8, 4) is 0 Å². The Balaban J connectivity index is 2.45. The van der Waals surface area contributed by atoms with E-state index in [0.717, 1.165) is 19.4 Å².